The Morgan fingerprint density at radius 3 is 2.56 bits per heavy atom. The van der Waals surface area contributed by atoms with Crippen molar-refractivity contribution >= 4 is 23.2 Å². The smallest absolute Gasteiger partial charge is 0.243 e. The van der Waals surface area contributed by atoms with Crippen molar-refractivity contribution in [2.45, 2.75) is 38.1 Å². The summed E-state index contributed by atoms with van der Waals surface area (Å²) in [5.74, 6) is 0.226. The van der Waals surface area contributed by atoms with Crippen LogP contribution in [-0.2, 0) is 14.3 Å². The summed E-state index contributed by atoms with van der Waals surface area (Å²) in [4.78, 5) is 24.5. The number of hydrogen-bond acceptors (Lipinski definition) is 5. The highest BCUT2D eigenvalue weighted by Crippen LogP contribution is 2.30. The molecule has 0 radical (unpaired) electrons. The molecule has 1 aliphatic rings. The van der Waals surface area contributed by atoms with E-state index in [4.69, 9.17) is 15.2 Å². The Hall–Kier alpha value is -2.12. The van der Waals surface area contributed by atoms with Gasteiger partial charge in [0.2, 0.25) is 11.8 Å². The molecule has 1 aliphatic carbocycles. The van der Waals surface area contributed by atoms with Crippen molar-refractivity contribution in [2.24, 2.45) is 11.7 Å². The average molecular weight is 349 g/mol. The van der Waals surface area contributed by atoms with Crippen molar-refractivity contribution in [3.63, 3.8) is 0 Å². The Balaban J connectivity index is 2.08. The van der Waals surface area contributed by atoms with Crippen LogP contribution in [0.3, 0.4) is 0 Å². The third-order valence-electron chi connectivity index (χ3n) is 4.38. The molecule has 0 heterocycles. The van der Waals surface area contributed by atoms with Crippen LogP contribution in [0.5, 0.6) is 5.75 Å². The summed E-state index contributed by atoms with van der Waals surface area (Å²) < 4.78 is 10.2. The zero-order valence-electron chi connectivity index (χ0n) is 14.8. The zero-order chi connectivity index (χ0) is 18.2. The van der Waals surface area contributed by atoms with Crippen LogP contribution in [0, 0.1) is 5.92 Å². The lowest BCUT2D eigenvalue weighted by atomic mass is 9.88. The number of rotatable bonds is 7. The van der Waals surface area contributed by atoms with Crippen molar-refractivity contribution in [2.75, 3.05) is 31.5 Å². The van der Waals surface area contributed by atoms with Crippen LogP contribution in [0.4, 0.5) is 11.4 Å². The van der Waals surface area contributed by atoms with Crippen molar-refractivity contribution in [3.8, 4) is 5.75 Å². The van der Waals surface area contributed by atoms with Gasteiger partial charge in [-0.25, -0.2) is 0 Å². The van der Waals surface area contributed by atoms with E-state index in [2.05, 4.69) is 10.6 Å². The van der Waals surface area contributed by atoms with Crippen molar-refractivity contribution in [3.05, 3.63) is 18.2 Å². The maximum atomic E-state index is 12.5. The lowest BCUT2D eigenvalue weighted by Gasteiger charge is -2.21. The average Bonchev–Trinajstić information content (AvgIpc) is 2.63. The number of anilines is 2. The second kappa shape index (κ2) is 9.39. The van der Waals surface area contributed by atoms with Crippen LogP contribution in [0.1, 0.15) is 32.1 Å². The fraction of sp³-hybridized carbons (Fsp3) is 0.556. The predicted molar refractivity (Wildman–Crippen MR) is 96.7 cm³/mol. The number of nitrogens with one attached hydrogen (secondary N) is 2. The molecule has 1 fully saturated rings. The fourth-order valence-corrected chi connectivity index (χ4v) is 2.97. The Kier molecular flexibility index (Phi) is 7.21. The maximum Gasteiger partial charge on any atom is 0.243 e. The van der Waals surface area contributed by atoms with Crippen LogP contribution in [0.15, 0.2) is 18.2 Å². The summed E-state index contributed by atoms with van der Waals surface area (Å²) in [5, 5.41) is 5.65. The summed E-state index contributed by atoms with van der Waals surface area (Å²) >= 11 is 0. The molecular formula is C18H27N3O4. The largest absolute Gasteiger partial charge is 0.495 e. The molecule has 7 heteroatoms. The van der Waals surface area contributed by atoms with Gasteiger partial charge in [-0.3, -0.25) is 9.59 Å². The molecule has 25 heavy (non-hydrogen) atoms. The van der Waals surface area contributed by atoms with Gasteiger partial charge in [0.05, 0.1) is 19.4 Å². The maximum absolute atomic E-state index is 12.5. The molecule has 1 aromatic carbocycles. The van der Waals surface area contributed by atoms with Gasteiger partial charge in [-0.2, -0.15) is 0 Å². The van der Waals surface area contributed by atoms with E-state index in [1.54, 1.807) is 25.3 Å². The summed E-state index contributed by atoms with van der Waals surface area (Å²) in [5.41, 5.74) is 6.79. The molecule has 2 rings (SSSR count). The number of amides is 2. The third kappa shape index (κ3) is 5.44. The first-order valence-electron chi connectivity index (χ1n) is 8.59. The second-order valence-corrected chi connectivity index (χ2v) is 6.29. The van der Waals surface area contributed by atoms with Crippen LogP contribution in [0.2, 0.25) is 0 Å². The van der Waals surface area contributed by atoms with E-state index in [9.17, 15) is 9.59 Å². The first-order valence-corrected chi connectivity index (χ1v) is 8.59. The van der Waals surface area contributed by atoms with E-state index in [0.717, 1.165) is 25.7 Å². The van der Waals surface area contributed by atoms with Gasteiger partial charge in [0.1, 0.15) is 11.8 Å². The van der Waals surface area contributed by atoms with Crippen molar-refractivity contribution in [1.82, 2.24) is 0 Å². The Morgan fingerprint density at radius 2 is 1.92 bits per heavy atom. The number of ether oxygens (including phenoxy) is 2. The number of carbonyl (C=O) groups excluding carboxylic acids is 2. The highest BCUT2D eigenvalue weighted by Gasteiger charge is 2.22. The molecule has 1 atom stereocenters. The molecule has 1 unspecified atom stereocenters. The number of nitrogens with two attached hydrogens (primary N) is 1. The Morgan fingerprint density at radius 1 is 1.20 bits per heavy atom. The SMILES string of the molecule is COCC(N)C(=O)Nc1ccc(OC)c(NC(=O)C2CCCCC2)c1. The Bertz CT molecular complexity index is 600. The van der Waals surface area contributed by atoms with E-state index in [-0.39, 0.29) is 24.3 Å². The molecule has 0 bridgehead atoms. The molecule has 0 aliphatic heterocycles. The first-order chi connectivity index (χ1) is 12.0. The van der Waals surface area contributed by atoms with Gasteiger partial charge in [-0.05, 0) is 31.0 Å². The van der Waals surface area contributed by atoms with Gasteiger partial charge >= 0.3 is 0 Å². The molecule has 1 saturated carbocycles. The quantitative estimate of drug-likeness (QED) is 0.700. The highest BCUT2D eigenvalue weighted by molar-refractivity contribution is 5.98. The lowest BCUT2D eigenvalue weighted by molar-refractivity contribution is -0.121. The molecule has 0 aromatic heterocycles. The van der Waals surface area contributed by atoms with Gasteiger partial charge in [-0.1, -0.05) is 19.3 Å². The van der Waals surface area contributed by atoms with E-state index in [1.165, 1.54) is 13.5 Å². The van der Waals surface area contributed by atoms with Crippen LogP contribution in [-0.4, -0.2) is 38.7 Å². The molecular weight excluding hydrogens is 322 g/mol. The van der Waals surface area contributed by atoms with Crippen molar-refractivity contribution in [1.29, 1.82) is 0 Å². The number of methoxy groups -OCH3 is 2. The van der Waals surface area contributed by atoms with E-state index in [0.29, 0.717) is 17.1 Å². The second-order valence-electron chi connectivity index (χ2n) is 6.29. The molecule has 2 amide bonds. The highest BCUT2D eigenvalue weighted by atomic mass is 16.5. The lowest BCUT2D eigenvalue weighted by Crippen LogP contribution is -2.39. The minimum Gasteiger partial charge on any atom is -0.495 e. The van der Waals surface area contributed by atoms with E-state index >= 15 is 0 Å². The molecule has 7 nitrogen and oxygen atoms in total. The molecule has 4 N–H and O–H groups in total. The van der Waals surface area contributed by atoms with E-state index < -0.39 is 6.04 Å². The van der Waals surface area contributed by atoms with Gasteiger partial charge in [-0.15, -0.1) is 0 Å². The summed E-state index contributed by atoms with van der Waals surface area (Å²) in [6, 6.07) is 4.32. The van der Waals surface area contributed by atoms with Crippen LogP contribution in [0.25, 0.3) is 0 Å². The van der Waals surface area contributed by atoms with Crippen molar-refractivity contribution < 1.29 is 19.1 Å². The minimum atomic E-state index is -0.757. The van der Waals surface area contributed by atoms with E-state index in [1.807, 2.05) is 0 Å². The van der Waals surface area contributed by atoms with Gasteiger partial charge in [0.25, 0.3) is 0 Å². The predicted octanol–water partition coefficient (Wildman–Crippen LogP) is 2.13. The summed E-state index contributed by atoms with van der Waals surface area (Å²) in [6.07, 6.45) is 5.19. The van der Waals surface area contributed by atoms with Gasteiger partial charge in [0, 0.05) is 18.7 Å². The minimum absolute atomic E-state index is 0.00226. The zero-order valence-corrected chi connectivity index (χ0v) is 14.8. The molecule has 1 aromatic rings. The standard InChI is InChI=1S/C18H27N3O4/c1-24-11-14(19)18(23)20-13-8-9-16(25-2)15(10-13)21-17(22)12-6-4-3-5-7-12/h8-10,12,14H,3-7,11,19H2,1-2H3,(H,20,23)(H,21,22). The monoisotopic (exact) mass is 349 g/mol. The Labute approximate surface area is 148 Å². The summed E-state index contributed by atoms with van der Waals surface area (Å²) in [7, 11) is 3.03. The molecule has 0 saturated heterocycles. The molecule has 138 valence electrons. The molecule has 0 spiro atoms. The first kappa shape index (κ1) is 19.2. The number of benzene rings is 1. The van der Waals surface area contributed by atoms with Crippen LogP contribution < -0.4 is 21.1 Å². The van der Waals surface area contributed by atoms with Gasteiger partial charge in [0.15, 0.2) is 0 Å². The topological polar surface area (TPSA) is 103 Å². The number of hydrogen-bond donors (Lipinski definition) is 3. The fourth-order valence-electron chi connectivity index (χ4n) is 2.97. The normalized spacial score (nSPS) is 16.1. The van der Waals surface area contributed by atoms with Gasteiger partial charge < -0.3 is 25.8 Å². The van der Waals surface area contributed by atoms with Crippen LogP contribution >= 0.6 is 0 Å². The number of carbonyl (C=O) groups is 2. The summed E-state index contributed by atoms with van der Waals surface area (Å²) in [6.45, 7) is 0.132. The third-order valence-corrected chi connectivity index (χ3v) is 4.38.